The van der Waals surface area contributed by atoms with Gasteiger partial charge in [-0.3, -0.25) is 19.9 Å². The van der Waals surface area contributed by atoms with Crippen molar-refractivity contribution in [1.29, 1.82) is 0 Å². The van der Waals surface area contributed by atoms with E-state index in [1.807, 2.05) is 32.9 Å². The highest BCUT2D eigenvalue weighted by molar-refractivity contribution is 6.05. The van der Waals surface area contributed by atoms with Crippen LogP contribution in [0.2, 0.25) is 0 Å². The van der Waals surface area contributed by atoms with Gasteiger partial charge in [0.15, 0.2) is 0 Å². The Morgan fingerprint density at radius 3 is 2.60 bits per heavy atom. The lowest BCUT2D eigenvalue weighted by Gasteiger charge is -2.33. The van der Waals surface area contributed by atoms with Crippen molar-refractivity contribution in [2.45, 2.75) is 45.6 Å². The molecule has 0 aliphatic carbocycles. The van der Waals surface area contributed by atoms with Crippen molar-refractivity contribution in [3.05, 3.63) is 23.8 Å². The van der Waals surface area contributed by atoms with Gasteiger partial charge in [0.2, 0.25) is 5.91 Å². The molecule has 0 unspecified atom stereocenters. The van der Waals surface area contributed by atoms with Crippen molar-refractivity contribution < 1.29 is 19.1 Å². The Kier molecular flexibility index (Phi) is 4.41. The monoisotopic (exact) mass is 345 g/mol. The molecule has 0 spiro atoms. The zero-order valence-electron chi connectivity index (χ0n) is 14.8. The number of urea groups is 1. The Morgan fingerprint density at radius 2 is 1.92 bits per heavy atom. The number of hydrogen-bond donors (Lipinski definition) is 1. The van der Waals surface area contributed by atoms with E-state index in [-0.39, 0.29) is 18.4 Å². The van der Waals surface area contributed by atoms with Gasteiger partial charge in [0.1, 0.15) is 5.60 Å². The average Bonchev–Trinajstić information content (AvgIpc) is 2.52. The number of fused-ring (bicyclic) bond motifs is 1. The summed E-state index contributed by atoms with van der Waals surface area (Å²) in [6.07, 6.45) is 1.59. The summed E-state index contributed by atoms with van der Waals surface area (Å²) >= 11 is 0. The van der Waals surface area contributed by atoms with Crippen molar-refractivity contribution in [3.8, 4) is 0 Å². The highest BCUT2D eigenvalue weighted by Gasteiger charge is 2.29. The van der Waals surface area contributed by atoms with Gasteiger partial charge in [0.25, 0.3) is 0 Å². The zero-order chi connectivity index (χ0) is 18.2. The molecule has 2 aliphatic heterocycles. The van der Waals surface area contributed by atoms with Crippen molar-refractivity contribution >= 4 is 29.4 Å². The first-order valence-electron chi connectivity index (χ1n) is 8.49. The summed E-state index contributed by atoms with van der Waals surface area (Å²) in [5, 5.41) is 2.32. The van der Waals surface area contributed by atoms with Crippen molar-refractivity contribution in [2.75, 3.05) is 22.9 Å². The summed E-state index contributed by atoms with van der Waals surface area (Å²) < 4.78 is 5.48. The van der Waals surface area contributed by atoms with E-state index in [9.17, 15) is 14.4 Å². The van der Waals surface area contributed by atoms with Crippen LogP contribution >= 0.6 is 0 Å². The maximum Gasteiger partial charge on any atom is 0.414 e. The molecule has 3 rings (SSSR count). The number of nitrogens with zero attached hydrogens (tertiary/aromatic N) is 2. The minimum Gasteiger partial charge on any atom is -0.443 e. The van der Waals surface area contributed by atoms with Crippen LogP contribution < -0.4 is 15.1 Å². The number of amides is 4. The number of imide groups is 1. The maximum absolute atomic E-state index is 12.4. The van der Waals surface area contributed by atoms with E-state index in [1.165, 1.54) is 0 Å². The molecule has 1 aromatic rings. The van der Waals surface area contributed by atoms with Crippen molar-refractivity contribution in [1.82, 2.24) is 5.32 Å². The van der Waals surface area contributed by atoms with Crippen LogP contribution in [-0.2, 0) is 16.0 Å². The van der Waals surface area contributed by atoms with Crippen LogP contribution in [0.15, 0.2) is 18.2 Å². The summed E-state index contributed by atoms with van der Waals surface area (Å²) in [5.74, 6) is -0.254. The molecule has 1 aromatic carbocycles. The minimum atomic E-state index is -0.549. The molecular formula is C18H23N3O4. The number of hydrogen-bond acceptors (Lipinski definition) is 4. The molecule has 2 aliphatic rings. The smallest absolute Gasteiger partial charge is 0.414 e. The number of benzene rings is 1. The third-order valence-electron chi connectivity index (χ3n) is 4.16. The van der Waals surface area contributed by atoms with Gasteiger partial charge in [-0.05, 0) is 57.4 Å². The second-order valence-electron chi connectivity index (χ2n) is 7.30. The Morgan fingerprint density at radius 1 is 1.16 bits per heavy atom. The second kappa shape index (κ2) is 6.38. The fourth-order valence-corrected chi connectivity index (χ4v) is 3.07. The van der Waals surface area contributed by atoms with E-state index in [0.717, 1.165) is 29.8 Å². The summed E-state index contributed by atoms with van der Waals surface area (Å²) in [7, 11) is 0. The number of carbonyl (C=O) groups is 3. The average molecular weight is 345 g/mol. The molecular weight excluding hydrogens is 322 g/mol. The van der Waals surface area contributed by atoms with Gasteiger partial charge in [0, 0.05) is 25.2 Å². The Labute approximate surface area is 146 Å². The molecule has 1 N–H and O–H groups in total. The normalized spacial score (nSPS) is 17.9. The molecule has 2 heterocycles. The summed E-state index contributed by atoms with van der Waals surface area (Å²) in [5.41, 5.74) is 2.00. The van der Waals surface area contributed by atoms with Crippen molar-refractivity contribution in [2.24, 2.45) is 0 Å². The molecule has 7 heteroatoms. The molecule has 4 amide bonds. The Hall–Kier alpha value is -2.57. The lowest BCUT2D eigenvalue weighted by molar-refractivity contribution is -0.120. The summed E-state index contributed by atoms with van der Waals surface area (Å²) in [6, 6.07) is 5.16. The third-order valence-corrected chi connectivity index (χ3v) is 4.16. The predicted octanol–water partition coefficient (Wildman–Crippen LogP) is 2.82. The van der Waals surface area contributed by atoms with Crippen LogP contribution in [0.5, 0.6) is 0 Å². The number of nitrogens with one attached hydrogen (secondary N) is 1. The van der Waals surface area contributed by atoms with Crippen LogP contribution in [-0.4, -0.2) is 36.7 Å². The zero-order valence-corrected chi connectivity index (χ0v) is 14.8. The van der Waals surface area contributed by atoms with Crippen LogP contribution in [0.4, 0.5) is 21.0 Å². The van der Waals surface area contributed by atoms with E-state index in [4.69, 9.17) is 4.74 Å². The lowest BCUT2D eigenvalue weighted by Crippen LogP contribution is -2.49. The van der Waals surface area contributed by atoms with Gasteiger partial charge in [-0.2, -0.15) is 0 Å². The molecule has 0 aromatic heterocycles. The standard InChI is InChI=1S/C18H23N3O4/c1-18(2,3)25-17(24)21-9-4-5-12-11-13(6-7-14(12)21)20-10-8-15(22)19-16(20)23/h6-7,11H,4-5,8-10H2,1-3H3,(H,19,22,23). The van der Waals surface area contributed by atoms with E-state index in [0.29, 0.717) is 13.1 Å². The molecule has 0 bridgehead atoms. The van der Waals surface area contributed by atoms with Crippen molar-refractivity contribution in [3.63, 3.8) is 0 Å². The molecule has 0 saturated carbocycles. The van der Waals surface area contributed by atoms with Gasteiger partial charge in [-0.1, -0.05) is 0 Å². The Bertz CT molecular complexity index is 724. The number of aryl methyl sites for hydroxylation is 1. The number of rotatable bonds is 1. The highest BCUT2D eigenvalue weighted by atomic mass is 16.6. The van der Waals surface area contributed by atoms with E-state index >= 15 is 0 Å². The Balaban J connectivity index is 1.84. The van der Waals surface area contributed by atoms with Gasteiger partial charge in [0.05, 0.1) is 5.69 Å². The molecule has 25 heavy (non-hydrogen) atoms. The van der Waals surface area contributed by atoms with E-state index in [1.54, 1.807) is 15.9 Å². The fraction of sp³-hybridized carbons (Fsp3) is 0.500. The number of ether oxygens (including phenoxy) is 1. The van der Waals surface area contributed by atoms with Gasteiger partial charge < -0.3 is 4.74 Å². The molecule has 0 atom stereocenters. The molecule has 134 valence electrons. The van der Waals surface area contributed by atoms with E-state index < -0.39 is 11.6 Å². The van der Waals surface area contributed by atoms with E-state index in [2.05, 4.69) is 5.32 Å². The van der Waals surface area contributed by atoms with Crippen LogP contribution in [0, 0.1) is 0 Å². The first-order chi connectivity index (χ1) is 11.7. The molecule has 0 radical (unpaired) electrons. The summed E-state index contributed by atoms with van der Waals surface area (Å²) in [4.78, 5) is 38.9. The second-order valence-corrected chi connectivity index (χ2v) is 7.30. The number of carbonyl (C=O) groups excluding carboxylic acids is 3. The van der Waals surface area contributed by atoms with Crippen LogP contribution in [0.3, 0.4) is 0 Å². The SMILES string of the molecule is CC(C)(C)OC(=O)N1CCCc2cc(N3CCC(=O)NC3=O)ccc21. The lowest BCUT2D eigenvalue weighted by atomic mass is 10.0. The van der Waals surface area contributed by atoms with Crippen LogP contribution in [0.25, 0.3) is 0 Å². The van der Waals surface area contributed by atoms with Gasteiger partial charge in [-0.25, -0.2) is 9.59 Å². The minimum absolute atomic E-state index is 0.254. The predicted molar refractivity (Wildman–Crippen MR) is 93.8 cm³/mol. The summed E-state index contributed by atoms with van der Waals surface area (Å²) in [6.45, 7) is 6.50. The topological polar surface area (TPSA) is 79.0 Å². The first-order valence-corrected chi connectivity index (χ1v) is 8.49. The quantitative estimate of drug-likeness (QED) is 0.849. The van der Waals surface area contributed by atoms with Gasteiger partial charge in [-0.15, -0.1) is 0 Å². The molecule has 1 saturated heterocycles. The molecule has 7 nitrogen and oxygen atoms in total. The number of anilines is 2. The largest absolute Gasteiger partial charge is 0.443 e. The van der Waals surface area contributed by atoms with Crippen LogP contribution in [0.1, 0.15) is 39.2 Å². The maximum atomic E-state index is 12.4. The van der Waals surface area contributed by atoms with Gasteiger partial charge >= 0.3 is 12.1 Å². The highest BCUT2D eigenvalue weighted by Crippen LogP contribution is 2.32. The first kappa shape index (κ1) is 17.3. The molecule has 1 fully saturated rings. The third kappa shape index (κ3) is 3.75. The fourth-order valence-electron chi connectivity index (χ4n) is 3.07.